The number of hydrogen-bond donors (Lipinski definition) is 3. The number of allylic oxidation sites excluding steroid dienone is 1. The molecule has 0 radical (unpaired) electrons. The Balaban J connectivity index is 3.32. The molecule has 77 heavy (non-hydrogen) atoms. The highest BCUT2D eigenvalue weighted by atomic mass is 16.5. The Bertz CT molecular complexity index is 1160. The second kappa shape index (κ2) is 67.1. The summed E-state index contributed by atoms with van der Waals surface area (Å²) in [4.78, 5) is 24.5. The van der Waals surface area contributed by atoms with Crippen molar-refractivity contribution in [3.05, 3.63) is 12.2 Å². The van der Waals surface area contributed by atoms with E-state index in [0.29, 0.717) is 19.4 Å². The predicted octanol–water partition coefficient (Wildman–Crippen LogP) is 22.8. The first-order valence-electron chi connectivity index (χ1n) is 35.5. The minimum Gasteiger partial charge on any atom is -0.466 e. The first-order valence-corrected chi connectivity index (χ1v) is 35.5. The molecule has 0 saturated heterocycles. The zero-order valence-electron chi connectivity index (χ0n) is 52.5. The Kier molecular flexibility index (Phi) is 65.9. The van der Waals surface area contributed by atoms with Crippen LogP contribution in [0.5, 0.6) is 0 Å². The van der Waals surface area contributed by atoms with E-state index in [1.165, 1.54) is 340 Å². The van der Waals surface area contributed by atoms with E-state index in [-0.39, 0.29) is 18.5 Å². The summed E-state index contributed by atoms with van der Waals surface area (Å²) in [5.74, 6) is -0.0373. The zero-order valence-corrected chi connectivity index (χ0v) is 52.5. The van der Waals surface area contributed by atoms with Crippen LogP contribution >= 0.6 is 0 Å². The standard InChI is InChI=1S/C71H139NO5/c1-3-5-7-9-11-13-15-17-37-40-43-47-51-55-59-63-69(74)68(67-73)72-70(75)64-60-56-52-48-44-41-38-35-33-31-29-27-25-23-21-19-18-20-22-24-26-28-30-32-34-36-39-42-46-50-54-58-62-66-77-71(76)65-61-57-53-49-45-16-14-12-10-8-6-4-2/h59,63,68-69,73-74H,3-58,60-62,64-67H2,1-2H3,(H,72,75)/b63-59+. The molecule has 6 nitrogen and oxygen atoms in total. The van der Waals surface area contributed by atoms with Gasteiger partial charge in [0.1, 0.15) is 0 Å². The van der Waals surface area contributed by atoms with E-state index in [0.717, 1.165) is 38.5 Å². The van der Waals surface area contributed by atoms with E-state index in [9.17, 15) is 19.8 Å². The van der Waals surface area contributed by atoms with Crippen LogP contribution < -0.4 is 5.32 Å². The third kappa shape index (κ3) is 63.6. The fourth-order valence-electron chi connectivity index (χ4n) is 11.4. The highest BCUT2D eigenvalue weighted by Gasteiger charge is 2.18. The molecule has 2 atom stereocenters. The molecule has 0 bridgehead atoms. The van der Waals surface area contributed by atoms with Crippen LogP contribution in [0.15, 0.2) is 12.2 Å². The zero-order chi connectivity index (χ0) is 55.7. The normalized spacial score (nSPS) is 12.5. The number of nitrogens with one attached hydrogen (secondary N) is 1. The summed E-state index contributed by atoms with van der Waals surface area (Å²) < 4.78 is 5.49. The highest BCUT2D eigenvalue weighted by molar-refractivity contribution is 5.76. The molecule has 0 rings (SSSR count). The molecule has 3 N–H and O–H groups in total. The van der Waals surface area contributed by atoms with Crippen molar-refractivity contribution in [2.24, 2.45) is 0 Å². The first kappa shape index (κ1) is 75.6. The fourth-order valence-corrected chi connectivity index (χ4v) is 11.4. The maximum atomic E-state index is 12.5. The van der Waals surface area contributed by atoms with Gasteiger partial charge in [-0.15, -0.1) is 0 Å². The number of hydrogen-bond acceptors (Lipinski definition) is 5. The van der Waals surface area contributed by atoms with E-state index in [2.05, 4.69) is 19.2 Å². The maximum absolute atomic E-state index is 12.5. The Morgan fingerprint density at radius 2 is 0.597 bits per heavy atom. The summed E-state index contributed by atoms with van der Waals surface area (Å²) >= 11 is 0. The Morgan fingerprint density at radius 3 is 0.883 bits per heavy atom. The predicted molar refractivity (Wildman–Crippen MR) is 338 cm³/mol. The molecule has 0 aliphatic heterocycles. The number of ether oxygens (including phenoxy) is 1. The van der Waals surface area contributed by atoms with E-state index in [1.807, 2.05) is 6.08 Å². The van der Waals surface area contributed by atoms with Gasteiger partial charge in [0.05, 0.1) is 25.4 Å². The van der Waals surface area contributed by atoms with Crippen LogP contribution in [0, 0.1) is 0 Å². The topological polar surface area (TPSA) is 95.9 Å². The minimum absolute atomic E-state index is 0.0229. The van der Waals surface area contributed by atoms with Gasteiger partial charge in [0.2, 0.25) is 5.91 Å². The van der Waals surface area contributed by atoms with Gasteiger partial charge in [0.15, 0.2) is 0 Å². The minimum atomic E-state index is -0.840. The molecule has 6 heteroatoms. The molecule has 0 fully saturated rings. The summed E-state index contributed by atoms with van der Waals surface area (Å²) in [7, 11) is 0. The largest absolute Gasteiger partial charge is 0.466 e. The Hall–Kier alpha value is -1.40. The van der Waals surface area contributed by atoms with E-state index < -0.39 is 12.1 Å². The van der Waals surface area contributed by atoms with Crippen molar-refractivity contribution >= 4 is 11.9 Å². The lowest BCUT2D eigenvalue weighted by Crippen LogP contribution is -2.45. The van der Waals surface area contributed by atoms with Gasteiger partial charge in [-0.25, -0.2) is 0 Å². The van der Waals surface area contributed by atoms with Crippen LogP contribution in [-0.4, -0.2) is 47.4 Å². The third-order valence-corrected chi connectivity index (χ3v) is 16.8. The molecule has 1 amide bonds. The van der Waals surface area contributed by atoms with Crippen molar-refractivity contribution in [1.82, 2.24) is 5.32 Å². The lowest BCUT2D eigenvalue weighted by atomic mass is 10.0. The number of esters is 1. The average Bonchev–Trinajstić information content (AvgIpc) is 3.43. The Morgan fingerprint density at radius 1 is 0.351 bits per heavy atom. The molecule has 2 unspecified atom stereocenters. The second-order valence-electron chi connectivity index (χ2n) is 24.6. The maximum Gasteiger partial charge on any atom is 0.305 e. The van der Waals surface area contributed by atoms with Crippen LogP contribution in [0.2, 0.25) is 0 Å². The number of unbranched alkanes of at least 4 members (excludes halogenated alkanes) is 56. The molecular weight excluding hydrogens is 947 g/mol. The molecule has 0 aromatic rings. The number of carbonyl (C=O) groups is 2. The molecule has 0 heterocycles. The number of aliphatic hydroxyl groups is 2. The Labute approximate surface area is 482 Å². The van der Waals surface area contributed by atoms with Gasteiger partial charge < -0.3 is 20.3 Å². The second-order valence-corrected chi connectivity index (χ2v) is 24.6. The molecule has 0 spiro atoms. The van der Waals surface area contributed by atoms with Gasteiger partial charge in [0.25, 0.3) is 0 Å². The number of carbonyl (C=O) groups excluding carboxylic acids is 2. The molecule has 0 saturated carbocycles. The van der Waals surface area contributed by atoms with Crippen molar-refractivity contribution < 1.29 is 24.5 Å². The van der Waals surface area contributed by atoms with Crippen molar-refractivity contribution in [2.75, 3.05) is 13.2 Å². The van der Waals surface area contributed by atoms with Crippen LogP contribution in [0.1, 0.15) is 406 Å². The lowest BCUT2D eigenvalue weighted by Gasteiger charge is -2.20. The molecule has 0 aliphatic rings. The van der Waals surface area contributed by atoms with Crippen molar-refractivity contribution in [3.8, 4) is 0 Å². The number of amides is 1. The van der Waals surface area contributed by atoms with E-state index >= 15 is 0 Å². The van der Waals surface area contributed by atoms with Gasteiger partial charge in [-0.1, -0.05) is 373 Å². The van der Waals surface area contributed by atoms with Crippen molar-refractivity contribution in [2.45, 2.75) is 418 Å². The first-order chi connectivity index (χ1) is 38.0. The number of aliphatic hydroxyl groups excluding tert-OH is 2. The van der Waals surface area contributed by atoms with Crippen LogP contribution in [0.4, 0.5) is 0 Å². The molecule has 0 aliphatic carbocycles. The summed E-state index contributed by atoms with van der Waals surface area (Å²) in [5, 5.41) is 23.2. The van der Waals surface area contributed by atoms with Crippen LogP contribution in [-0.2, 0) is 14.3 Å². The van der Waals surface area contributed by atoms with Gasteiger partial charge in [-0.05, 0) is 32.1 Å². The van der Waals surface area contributed by atoms with Crippen molar-refractivity contribution in [3.63, 3.8) is 0 Å². The van der Waals surface area contributed by atoms with E-state index in [1.54, 1.807) is 6.08 Å². The molecule has 0 aromatic carbocycles. The van der Waals surface area contributed by atoms with Crippen molar-refractivity contribution in [1.29, 1.82) is 0 Å². The van der Waals surface area contributed by atoms with E-state index in [4.69, 9.17) is 4.74 Å². The van der Waals surface area contributed by atoms with Gasteiger partial charge in [-0.2, -0.15) is 0 Å². The highest BCUT2D eigenvalue weighted by Crippen LogP contribution is 2.19. The molecule has 0 aromatic heterocycles. The third-order valence-electron chi connectivity index (χ3n) is 16.8. The fraction of sp³-hybridized carbons (Fsp3) is 0.944. The summed E-state index contributed by atoms with van der Waals surface area (Å²) in [6.45, 7) is 4.94. The monoisotopic (exact) mass is 1090 g/mol. The van der Waals surface area contributed by atoms with Gasteiger partial charge in [0, 0.05) is 12.8 Å². The van der Waals surface area contributed by atoms with Crippen LogP contribution in [0.3, 0.4) is 0 Å². The molecule has 458 valence electrons. The summed E-state index contributed by atoms with van der Waals surface area (Å²) in [6, 6.07) is -0.623. The quantitative estimate of drug-likeness (QED) is 0.0320. The summed E-state index contributed by atoms with van der Waals surface area (Å²) in [5.41, 5.74) is 0. The number of rotatable bonds is 67. The lowest BCUT2D eigenvalue weighted by molar-refractivity contribution is -0.143. The van der Waals surface area contributed by atoms with Crippen LogP contribution in [0.25, 0.3) is 0 Å². The SMILES string of the molecule is CCCCCCCCCCCCCCC/C=C/C(O)C(CO)NC(=O)CCCCCCCCCCCCCCCCCCCCCCCCCCCCCCCCCCCOC(=O)CCCCCCCCCCCCCC. The smallest absolute Gasteiger partial charge is 0.305 e. The van der Waals surface area contributed by atoms with Gasteiger partial charge >= 0.3 is 5.97 Å². The average molecular weight is 1090 g/mol. The summed E-state index contributed by atoms with van der Waals surface area (Å²) in [6.07, 6.45) is 83.1. The molecular formula is C71H139NO5. The van der Waals surface area contributed by atoms with Gasteiger partial charge in [-0.3, -0.25) is 9.59 Å².